The third kappa shape index (κ3) is 3.71. The Labute approximate surface area is 120 Å². The maximum absolute atomic E-state index is 13.0. The summed E-state index contributed by atoms with van der Waals surface area (Å²) in [6.07, 6.45) is -1.43. The minimum absolute atomic E-state index is 0.0569. The lowest BCUT2D eigenvalue weighted by molar-refractivity contribution is -0.142. The van der Waals surface area contributed by atoms with E-state index in [-0.39, 0.29) is 28.8 Å². The van der Waals surface area contributed by atoms with Crippen molar-refractivity contribution in [1.29, 1.82) is 0 Å². The molecule has 7 heteroatoms. The van der Waals surface area contributed by atoms with E-state index in [9.17, 15) is 13.6 Å². The fourth-order valence-corrected chi connectivity index (χ4v) is 2.48. The quantitative estimate of drug-likeness (QED) is 0.439. The minimum Gasteiger partial charge on any atom is -0.466 e. The first-order chi connectivity index (χ1) is 8.51. The van der Waals surface area contributed by atoms with Gasteiger partial charge in [0.05, 0.1) is 18.6 Å². The van der Waals surface area contributed by atoms with Gasteiger partial charge in [0.15, 0.2) is 0 Å². The summed E-state index contributed by atoms with van der Waals surface area (Å²) in [5, 5.41) is 0.349. The van der Waals surface area contributed by atoms with Crippen molar-refractivity contribution in [1.82, 2.24) is 4.98 Å². The second kappa shape index (κ2) is 7.13. The summed E-state index contributed by atoms with van der Waals surface area (Å²) in [5.41, 5.74) is 0.573. The molecule has 0 aliphatic carbocycles. The third-order valence-corrected chi connectivity index (χ3v) is 3.49. The van der Waals surface area contributed by atoms with Gasteiger partial charge in [-0.05, 0) is 34.0 Å². The molecule has 0 aliphatic heterocycles. The van der Waals surface area contributed by atoms with Gasteiger partial charge >= 0.3 is 5.97 Å². The van der Waals surface area contributed by atoms with Crippen LogP contribution in [0.1, 0.15) is 30.0 Å². The Balaban J connectivity index is 3.19. The zero-order valence-electron chi connectivity index (χ0n) is 9.55. The van der Waals surface area contributed by atoms with Crippen LogP contribution in [-0.2, 0) is 21.3 Å². The topological polar surface area (TPSA) is 39.2 Å². The molecule has 0 amide bonds. The van der Waals surface area contributed by atoms with Gasteiger partial charge in [-0.25, -0.2) is 13.8 Å². The zero-order valence-corrected chi connectivity index (χ0v) is 12.7. The predicted molar refractivity (Wildman–Crippen MR) is 69.9 cm³/mol. The number of halogens is 4. The lowest BCUT2D eigenvalue weighted by Crippen LogP contribution is -2.12. The highest BCUT2D eigenvalue weighted by Crippen LogP contribution is 2.32. The lowest BCUT2D eigenvalue weighted by Gasteiger charge is -2.13. The van der Waals surface area contributed by atoms with Crippen molar-refractivity contribution < 1.29 is 18.3 Å². The average molecular weight is 387 g/mol. The molecule has 100 valence electrons. The van der Waals surface area contributed by atoms with E-state index in [1.54, 1.807) is 6.92 Å². The first-order valence-corrected chi connectivity index (χ1v) is 7.08. The summed E-state index contributed by atoms with van der Waals surface area (Å²) in [6, 6.07) is 0. The van der Waals surface area contributed by atoms with Crippen molar-refractivity contribution in [2.24, 2.45) is 0 Å². The van der Waals surface area contributed by atoms with Crippen molar-refractivity contribution in [2.75, 3.05) is 6.61 Å². The Kier molecular flexibility index (Phi) is 6.14. The molecule has 1 aromatic rings. The van der Waals surface area contributed by atoms with E-state index < -0.39 is 12.4 Å². The van der Waals surface area contributed by atoms with Gasteiger partial charge in [-0.2, -0.15) is 0 Å². The van der Waals surface area contributed by atoms with Crippen molar-refractivity contribution >= 4 is 37.8 Å². The van der Waals surface area contributed by atoms with Gasteiger partial charge in [0.2, 0.25) is 0 Å². The third-order valence-electron chi connectivity index (χ3n) is 2.26. The fraction of sp³-hybridized carbons (Fsp3) is 0.455. The van der Waals surface area contributed by atoms with Crippen LogP contribution in [0.4, 0.5) is 8.78 Å². The Morgan fingerprint density at radius 2 is 2.22 bits per heavy atom. The molecule has 0 unspecified atom stereocenters. The van der Waals surface area contributed by atoms with Crippen LogP contribution < -0.4 is 0 Å². The number of pyridine rings is 1. The molecule has 1 heterocycles. The molecular formula is C11H11Br2F2NO2. The van der Waals surface area contributed by atoms with Crippen LogP contribution in [0.2, 0.25) is 0 Å². The molecule has 0 saturated heterocycles. The number of ether oxygens (including phenoxy) is 1. The number of alkyl halides is 3. The van der Waals surface area contributed by atoms with Gasteiger partial charge in [0.25, 0.3) is 6.43 Å². The van der Waals surface area contributed by atoms with Crippen LogP contribution in [0.3, 0.4) is 0 Å². The van der Waals surface area contributed by atoms with Crippen LogP contribution in [0.15, 0.2) is 10.8 Å². The molecule has 0 fully saturated rings. The van der Waals surface area contributed by atoms with Gasteiger partial charge in [-0.3, -0.25) is 4.79 Å². The molecule has 18 heavy (non-hydrogen) atoms. The highest BCUT2D eigenvalue weighted by molar-refractivity contribution is 9.10. The fourth-order valence-electron chi connectivity index (χ4n) is 1.48. The normalized spacial score (nSPS) is 10.8. The van der Waals surface area contributed by atoms with Crippen LogP contribution in [0, 0.1) is 0 Å². The number of nitrogens with zero attached hydrogens (tertiary/aromatic N) is 1. The van der Waals surface area contributed by atoms with Crippen LogP contribution >= 0.6 is 31.9 Å². The van der Waals surface area contributed by atoms with E-state index in [1.165, 1.54) is 6.20 Å². The molecular weight excluding hydrogens is 376 g/mol. The van der Waals surface area contributed by atoms with Crippen LogP contribution in [-0.4, -0.2) is 17.6 Å². The van der Waals surface area contributed by atoms with E-state index in [4.69, 9.17) is 4.74 Å². The van der Waals surface area contributed by atoms with Gasteiger partial charge < -0.3 is 4.74 Å². The summed E-state index contributed by atoms with van der Waals surface area (Å²) >= 11 is 6.17. The molecule has 0 saturated carbocycles. The largest absolute Gasteiger partial charge is 0.466 e. The Hall–Kier alpha value is -0.560. The van der Waals surface area contributed by atoms with Crippen molar-refractivity contribution in [3.8, 4) is 0 Å². The molecule has 1 rings (SSSR count). The van der Waals surface area contributed by atoms with Gasteiger partial charge in [0, 0.05) is 11.5 Å². The van der Waals surface area contributed by atoms with E-state index >= 15 is 0 Å². The Bertz CT molecular complexity index is 441. The summed E-state index contributed by atoms with van der Waals surface area (Å²) in [4.78, 5) is 15.3. The molecule has 0 N–H and O–H groups in total. The number of hydrogen-bond donors (Lipinski definition) is 0. The molecule has 0 aromatic carbocycles. The number of hydrogen-bond acceptors (Lipinski definition) is 3. The van der Waals surface area contributed by atoms with E-state index in [0.717, 1.165) is 0 Å². The number of rotatable bonds is 5. The summed E-state index contributed by atoms with van der Waals surface area (Å²) in [6.45, 7) is 1.89. The Morgan fingerprint density at radius 3 is 2.72 bits per heavy atom. The number of carbonyl (C=O) groups excluding carboxylic acids is 1. The maximum Gasteiger partial charge on any atom is 0.310 e. The van der Waals surface area contributed by atoms with Crippen LogP contribution in [0.25, 0.3) is 0 Å². The van der Waals surface area contributed by atoms with Gasteiger partial charge in [-0.1, -0.05) is 15.9 Å². The first kappa shape index (κ1) is 15.5. The van der Waals surface area contributed by atoms with Gasteiger partial charge in [0.1, 0.15) is 4.60 Å². The summed E-state index contributed by atoms with van der Waals surface area (Å²) in [7, 11) is 0. The van der Waals surface area contributed by atoms with Gasteiger partial charge in [-0.15, -0.1) is 0 Å². The summed E-state index contributed by atoms with van der Waals surface area (Å²) < 4.78 is 30.8. The molecule has 0 bridgehead atoms. The molecule has 0 atom stereocenters. The molecule has 0 radical (unpaired) electrons. The molecule has 0 spiro atoms. The van der Waals surface area contributed by atoms with Crippen molar-refractivity contribution in [3.63, 3.8) is 0 Å². The number of carbonyl (C=O) groups is 1. The van der Waals surface area contributed by atoms with Crippen LogP contribution in [0.5, 0.6) is 0 Å². The van der Waals surface area contributed by atoms with E-state index in [2.05, 4.69) is 36.8 Å². The predicted octanol–water partition coefficient (Wildman–Crippen LogP) is 3.78. The number of esters is 1. The number of aromatic nitrogens is 1. The second-order valence-electron chi connectivity index (χ2n) is 3.38. The van der Waals surface area contributed by atoms with E-state index in [0.29, 0.717) is 10.9 Å². The van der Waals surface area contributed by atoms with E-state index in [1.807, 2.05) is 0 Å². The highest BCUT2D eigenvalue weighted by Gasteiger charge is 2.22. The molecule has 3 nitrogen and oxygen atoms in total. The SMILES string of the molecule is CCOC(=O)Cc1c(CBr)cnc(Br)c1C(F)F. The smallest absolute Gasteiger partial charge is 0.310 e. The minimum atomic E-state index is -2.70. The maximum atomic E-state index is 13.0. The second-order valence-corrected chi connectivity index (χ2v) is 4.69. The van der Waals surface area contributed by atoms with Crippen molar-refractivity contribution in [3.05, 3.63) is 27.5 Å². The summed E-state index contributed by atoms with van der Waals surface area (Å²) in [5.74, 6) is -0.528. The monoisotopic (exact) mass is 385 g/mol. The average Bonchev–Trinajstić information content (AvgIpc) is 2.29. The Morgan fingerprint density at radius 1 is 1.56 bits per heavy atom. The molecule has 0 aliphatic rings. The highest BCUT2D eigenvalue weighted by atomic mass is 79.9. The lowest BCUT2D eigenvalue weighted by atomic mass is 10.0. The molecule has 1 aromatic heterocycles. The van der Waals surface area contributed by atoms with Crippen molar-refractivity contribution in [2.45, 2.75) is 25.1 Å². The first-order valence-electron chi connectivity index (χ1n) is 5.17. The standard InChI is InChI=1S/C11H11Br2F2NO2/c1-2-18-8(17)3-7-6(4-12)5-16-10(13)9(7)11(14)15/h5,11H,2-4H2,1H3. The zero-order chi connectivity index (χ0) is 13.7.